The van der Waals surface area contributed by atoms with E-state index in [1.165, 1.54) is 24.0 Å². The third-order valence-corrected chi connectivity index (χ3v) is 10.9. The van der Waals surface area contributed by atoms with Crippen LogP contribution in [0.3, 0.4) is 0 Å². The first kappa shape index (κ1) is 32.8. The van der Waals surface area contributed by atoms with Crippen molar-refractivity contribution in [3.05, 3.63) is 77.0 Å². The number of aliphatic hydroxyl groups is 1. The van der Waals surface area contributed by atoms with E-state index in [9.17, 15) is 41.4 Å². The third kappa shape index (κ3) is 4.65. The van der Waals surface area contributed by atoms with Crippen LogP contribution in [0.15, 0.2) is 54.6 Å². The van der Waals surface area contributed by atoms with Crippen molar-refractivity contribution in [1.82, 2.24) is 24.6 Å². The van der Waals surface area contributed by atoms with Gasteiger partial charge in [0, 0.05) is 30.9 Å². The summed E-state index contributed by atoms with van der Waals surface area (Å²) in [4.78, 5) is 46.3. The summed E-state index contributed by atoms with van der Waals surface area (Å²) in [5.41, 5.74) is -2.33. The Morgan fingerprint density at radius 2 is 1.86 bits per heavy atom. The Hall–Kier alpha value is -4.34. The summed E-state index contributed by atoms with van der Waals surface area (Å²) in [7, 11) is 1.64. The first-order valence-corrected chi connectivity index (χ1v) is 16.5. The molecule has 1 aromatic heterocycles. The van der Waals surface area contributed by atoms with Gasteiger partial charge in [0.15, 0.2) is 0 Å². The van der Waals surface area contributed by atoms with Crippen molar-refractivity contribution in [2.45, 2.75) is 75.1 Å². The first-order chi connectivity index (χ1) is 23.6. The fraction of sp³-hybridized carbons (Fsp3) is 0.457. The summed E-state index contributed by atoms with van der Waals surface area (Å²) in [6.45, 7) is -1.68. The quantitative estimate of drug-likeness (QED) is 0.392. The minimum atomic E-state index is -5.03. The molecular weight excluding hydrogens is 665 g/mol. The van der Waals surface area contributed by atoms with Crippen LogP contribution in [0, 0.1) is 5.92 Å². The maximum atomic E-state index is 14.2. The molecule has 0 spiro atoms. The lowest BCUT2D eigenvalue weighted by Gasteiger charge is -2.48. The van der Waals surface area contributed by atoms with Crippen molar-refractivity contribution >= 4 is 34.2 Å². The predicted molar refractivity (Wildman–Crippen MR) is 168 cm³/mol. The highest BCUT2D eigenvalue weighted by molar-refractivity contribution is 6.02. The van der Waals surface area contributed by atoms with Gasteiger partial charge in [-0.05, 0) is 61.6 Å². The van der Waals surface area contributed by atoms with Crippen LogP contribution in [0.4, 0.5) is 22.0 Å². The molecule has 3 aromatic rings. The second-order valence-electron chi connectivity index (χ2n) is 13.9. The molecule has 5 heterocycles. The molecule has 0 saturated carbocycles. The molecular formula is C35H34F5N5O5. The van der Waals surface area contributed by atoms with Crippen LogP contribution >= 0.6 is 0 Å². The molecule has 10 nitrogen and oxygen atoms in total. The van der Waals surface area contributed by atoms with E-state index in [0.717, 1.165) is 10.5 Å². The Balaban J connectivity index is 1.13. The van der Waals surface area contributed by atoms with Gasteiger partial charge < -0.3 is 15.3 Å². The highest BCUT2D eigenvalue weighted by atomic mass is 19.4. The first-order valence-electron chi connectivity index (χ1n) is 16.5. The van der Waals surface area contributed by atoms with Crippen molar-refractivity contribution in [2.75, 3.05) is 20.1 Å². The van der Waals surface area contributed by atoms with E-state index in [2.05, 4.69) is 5.32 Å². The van der Waals surface area contributed by atoms with E-state index < -0.39 is 65.9 Å². The van der Waals surface area contributed by atoms with Gasteiger partial charge in [-0.25, -0.2) is 0 Å². The number of alkyl halides is 5. The Labute approximate surface area is 283 Å². The van der Waals surface area contributed by atoms with Crippen LogP contribution in [0.2, 0.25) is 0 Å². The lowest BCUT2D eigenvalue weighted by molar-refractivity contribution is -0.315. The number of carbonyl (C=O) groups is 3. The number of piperazine rings is 1. The molecule has 8 rings (SSSR count). The minimum Gasteiger partial charge on any atom is -0.347 e. The number of hydrogen-bond donors (Lipinski definition) is 2. The molecule has 0 bridgehead atoms. The highest BCUT2D eigenvalue weighted by Crippen LogP contribution is 2.49. The molecule has 3 fully saturated rings. The second-order valence-corrected chi connectivity index (χ2v) is 13.9. The molecule has 6 atom stereocenters. The standard InChI is InChI=1S/C35H34F5N5O5/c1-33(31(48)45-25(14-18-8-4-3-5-9-18)30(47)43-13-7-12-26(43)35(45,49)50-33)41-29(46)19-15-21-20-10-6-11-23-27(20)22(16-24(21)42(2)17-19)28(34(38,39)40)44(23)32(36)37/h3-6,8-11,15,19,24-26,32,49H,7,12-14,16-17H2,1-2H3,(H,41,46)/t19?,24-,25+,26+,33-,35+/m1/s1. The van der Waals surface area contributed by atoms with Crippen LogP contribution in [0.25, 0.3) is 16.5 Å². The third-order valence-electron chi connectivity index (χ3n) is 10.9. The van der Waals surface area contributed by atoms with Crippen molar-refractivity contribution in [2.24, 2.45) is 5.92 Å². The summed E-state index contributed by atoms with van der Waals surface area (Å²) in [6, 6.07) is 10.7. The average Bonchev–Trinajstić information content (AvgIpc) is 3.74. The smallest absolute Gasteiger partial charge is 0.347 e. The molecule has 15 heteroatoms. The molecule has 1 unspecified atom stereocenters. The lowest BCUT2D eigenvalue weighted by atomic mass is 9.79. The number of ether oxygens (including phenoxy) is 1. The van der Waals surface area contributed by atoms with Crippen molar-refractivity contribution < 1.29 is 46.2 Å². The van der Waals surface area contributed by atoms with Crippen LogP contribution < -0.4 is 5.32 Å². The van der Waals surface area contributed by atoms with E-state index in [1.54, 1.807) is 36.2 Å². The number of fused-ring (bicyclic) bond motifs is 5. The number of benzene rings is 2. The van der Waals surface area contributed by atoms with Gasteiger partial charge in [0.05, 0.1) is 11.4 Å². The number of likely N-dealkylation sites (N-methyl/N-ethyl adjacent to an activating group) is 1. The summed E-state index contributed by atoms with van der Waals surface area (Å²) in [5.74, 6) is -4.91. The van der Waals surface area contributed by atoms with Gasteiger partial charge in [0.2, 0.25) is 17.5 Å². The van der Waals surface area contributed by atoms with Gasteiger partial charge in [-0.1, -0.05) is 48.5 Å². The number of carbonyl (C=O) groups excluding carboxylic acids is 3. The van der Waals surface area contributed by atoms with Gasteiger partial charge in [-0.2, -0.15) is 22.0 Å². The van der Waals surface area contributed by atoms with E-state index in [4.69, 9.17) is 4.74 Å². The van der Waals surface area contributed by atoms with E-state index in [1.807, 2.05) is 18.2 Å². The lowest BCUT2D eigenvalue weighted by Crippen LogP contribution is -2.71. The van der Waals surface area contributed by atoms with Gasteiger partial charge >= 0.3 is 12.7 Å². The number of halogens is 5. The molecule has 3 amide bonds. The van der Waals surface area contributed by atoms with Crippen molar-refractivity contribution in [1.29, 1.82) is 0 Å². The predicted octanol–water partition coefficient (Wildman–Crippen LogP) is 3.88. The average molecular weight is 700 g/mol. The Morgan fingerprint density at radius 3 is 2.56 bits per heavy atom. The molecule has 5 aliphatic rings. The van der Waals surface area contributed by atoms with Gasteiger partial charge in [0.1, 0.15) is 17.8 Å². The number of hydrogen-bond acceptors (Lipinski definition) is 6. The number of amides is 3. The molecule has 3 saturated heterocycles. The monoisotopic (exact) mass is 699 g/mol. The van der Waals surface area contributed by atoms with E-state index in [-0.39, 0.29) is 46.3 Å². The van der Waals surface area contributed by atoms with Crippen LogP contribution in [-0.4, -0.2) is 92.0 Å². The number of nitrogens with one attached hydrogen (secondary N) is 1. The van der Waals surface area contributed by atoms with Crippen LogP contribution in [0.1, 0.15) is 48.7 Å². The summed E-state index contributed by atoms with van der Waals surface area (Å²) in [6.07, 6.45) is -2.54. The second kappa shape index (κ2) is 11.1. The Bertz CT molecular complexity index is 1970. The normalized spacial score (nSPS) is 30.9. The highest BCUT2D eigenvalue weighted by Gasteiger charge is 2.70. The van der Waals surface area contributed by atoms with E-state index >= 15 is 0 Å². The van der Waals surface area contributed by atoms with Crippen molar-refractivity contribution in [3.63, 3.8) is 0 Å². The number of aromatic nitrogens is 1. The largest absolute Gasteiger partial charge is 0.431 e. The molecule has 2 aromatic carbocycles. The SMILES string of the molecule is CN1CC(C(=O)N[C@]2(C)O[C@@]3(O)[C@@H]4CCCN4C(=O)[C@H](Cc4ccccc4)N3C2=O)C=C2c3cccc4c3c(c(C(F)(F)F)n4C(F)F)C[C@H]21. The molecule has 2 N–H and O–H groups in total. The maximum absolute atomic E-state index is 14.2. The topological polar surface area (TPSA) is 107 Å². The molecule has 0 radical (unpaired) electrons. The number of nitrogens with zero attached hydrogens (tertiary/aromatic N) is 4. The summed E-state index contributed by atoms with van der Waals surface area (Å²) in [5, 5.41) is 14.8. The Morgan fingerprint density at radius 1 is 1.12 bits per heavy atom. The zero-order valence-electron chi connectivity index (χ0n) is 27.1. The molecule has 4 aliphatic heterocycles. The zero-order valence-corrected chi connectivity index (χ0v) is 27.1. The zero-order chi connectivity index (χ0) is 35.5. The minimum absolute atomic E-state index is 0.0287. The van der Waals surface area contributed by atoms with Gasteiger partial charge in [0.25, 0.3) is 11.8 Å². The number of rotatable bonds is 5. The summed E-state index contributed by atoms with van der Waals surface area (Å²) < 4.78 is 77.2. The van der Waals surface area contributed by atoms with Crippen LogP contribution in [0.5, 0.6) is 0 Å². The van der Waals surface area contributed by atoms with Gasteiger partial charge in [-0.15, -0.1) is 0 Å². The maximum Gasteiger partial charge on any atom is 0.431 e. The molecule has 264 valence electrons. The fourth-order valence-corrected chi connectivity index (χ4v) is 8.84. The van der Waals surface area contributed by atoms with Gasteiger partial charge in [-0.3, -0.25) is 33.5 Å². The van der Waals surface area contributed by atoms with E-state index in [0.29, 0.717) is 30.5 Å². The van der Waals surface area contributed by atoms with Crippen LogP contribution in [-0.2, 0) is 38.1 Å². The fourth-order valence-electron chi connectivity index (χ4n) is 8.84. The molecule has 50 heavy (non-hydrogen) atoms. The summed E-state index contributed by atoms with van der Waals surface area (Å²) >= 11 is 0. The molecule has 1 aliphatic carbocycles. The Kier molecular flexibility index (Phi) is 7.28. The van der Waals surface area contributed by atoms with Crippen molar-refractivity contribution in [3.8, 4) is 0 Å².